The Balaban J connectivity index is 2.10. The number of fused-ring (bicyclic) bond motifs is 1. The highest BCUT2D eigenvalue weighted by atomic mass is 79.9. The van der Waals surface area contributed by atoms with E-state index in [1.54, 1.807) is 17.4 Å². The quantitative estimate of drug-likeness (QED) is 0.644. The summed E-state index contributed by atoms with van der Waals surface area (Å²) >= 11 is 4.98. The molecule has 2 aromatic carbocycles. The molecule has 0 amide bonds. The molecule has 1 aromatic heterocycles. The minimum absolute atomic E-state index is 0.120. The van der Waals surface area contributed by atoms with E-state index in [4.69, 9.17) is 0 Å². The lowest BCUT2D eigenvalue weighted by atomic mass is 10.0. The zero-order valence-corrected chi connectivity index (χ0v) is 14.0. The summed E-state index contributed by atoms with van der Waals surface area (Å²) in [5, 5.41) is 4.60. The molecule has 1 unspecified atom stereocenters. The van der Waals surface area contributed by atoms with Gasteiger partial charge < -0.3 is 5.32 Å². The molecule has 0 saturated carbocycles. The van der Waals surface area contributed by atoms with Gasteiger partial charge in [0.25, 0.3) is 0 Å². The summed E-state index contributed by atoms with van der Waals surface area (Å²) < 4.78 is 16.2. The zero-order chi connectivity index (χ0) is 14.8. The average molecular weight is 364 g/mol. The average Bonchev–Trinajstić information content (AvgIpc) is 2.91. The third kappa shape index (κ3) is 2.89. The van der Waals surface area contributed by atoms with Gasteiger partial charge in [0, 0.05) is 15.1 Å². The molecule has 0 saturated heterocycles. The first-order valence-corrected chi connectivity index (χ1v) is 8.47. The minimum Gasteiger partial charge on any atom is -0.306 e. The molecule has 0 bridgehead atoms. The second kappa shape index (κ2) is 6.26. The summed E-state index contributed by atoms with van der Waals surface area (Å²) in [6.45, 7) is 2.82. The van der Waals surface area contributed by atoms with Crippen LogP contribution in [0.3, 0.4) is 0 Å². The van der Waals surface area contributed by atoms with Crippen LogP contribution in [0.25, 0.3) is 10.1 Å². The fraction of sp³-hybridized carbons (Fsp3) is 0.176. The molecule has 3 aromatic rings. The molecule has 0 aliphatic heterocycles. The highest BCUT2D eigenvalue weighted by molar-refractivity contribution is 9.10. The van der Waals surface area contributed by atoms with Gasteiger partial charge in [0.2, 0.25) is 0 Å². The first-order valence-electron chi connectivity index (χ1n) is 6.86. The van der Waals surface area contributed by atoms with Gasteiger partial charge in [-0.25, -0.2) is 4.39 Å². The molecule has 1 heterocycles. The Bertz CT molecular complexity index is 735. The number of hydrogen-bond acceptors (Lipinski definition) is 2. The monoisotopic (exact) mass is 363 g/mol. The summed E-state index contributed by atoms with van der Waals surface area (Å²) in [5.41, 5.74) is 0.679. The van der Waals surface area contributed by atoms with E-state index >= 15 is 0 Å². The van der Waals surface area contributed by atoms with Gasteiger partial charge >= 0.3 is 0 Å². The molecular weight excluding hydrogens is 349 g/mol. The van der Waals surface area contributed by atoms with Crippen LogP contribution in [0.2, 0.25) is 0 Å². The summed E-state index contributed by atoms with van der Waals surface area (Å²) in [5.74, 6) is -0.194. The fourth-order valence-corrected chi connectivity index (χ4v) is 4.00. The maximum atomic E-state index is 14.4. The van der Waals surface area contributed by atoms with Crippen molar-refractivity contribution < 1.29 is 4.39 Å². The Morgan fingerprint density at radius 2 is 2.00 bits per heavy atom. The number of rotatable bonds is 4. The van der Waals surface area contributed by atoms with E-state index in [0.29, 0.717) is 10.0 Å². The first kappa shape index (κ1) is 14.7. The van der Waals surface area contributed by atoms with Gasteiger partial charge in [0.1, 0.15) is 5.82 Å². The van der Waals surface area contributed by atoms with Gasteiger partial charge in [-0.05, 0) is 46.1 Å². The first-order chi connectivity index (χ1) is 10.2. The van der Waals surface area contributed by atoms with Crippen LogP contribution in [0.15, 0.2) is 53.0 Å². The van der Waals surface area contributed by atoms with E-state index in [1.165, 1.54) is 10.1 Å². The van der Waals surface area contributed by atoms with Gasteiger partial charge in [-0.15, -0.1) is 11.3 Å². The topological polar surface area (TPSA) is 12.0 Å². The lowest BCUT2D eigenvalue weighted by Gasteiger charge is -2.18. The lowest BCUT2D eigenvalue weighted by Crippen LogP contribution is -2.22. The highest BCUT2D eigenvalue weighted by Crippen LogP contribution is 2.35. The Kier molecular flexibility index (Phi) is 4.38. The van der Waals surface area contributed by atoms with Crippen LogP contribution in [0, 0.1) is 5.82 Å². The maximum Gasteiger partial charge on any atom is 0.142 e. The molecule has 108 valence electrons. The van der Waals surface area contributed by atoms with Crippen molar-refractivity contribution in [3.8, 4) is 0 Å². The Morgan fingerprint density at radius 3 is 2.76 bits per heavy atom. The molecule has 0 radical (unpaired) electrons. The molecule has 21 heavy (non-hydrogen) atoms. The minimum atomic E-state index is -0.194. The van der Waals surface area contributed by atoms with Crippen molar-refractivity contribution in [3.63, 3.8) is 0 Å². The van der Waals surface area contributed by atoms with Crippen molar-refractivity contribution in [1.29, 1.82) is 0 Å². The Hall–Kier alpha value is -1.23. The van der Waals surface area contributed by atoms with E-state index in [2.05, 4.69) is 39.4 Å². The standard InChI is InChI=1S/C17H15BrFNS/c1-2-20-17(12-7-5-8-13(18)16(12)19)15-10-11-6-3-4-9-14(11)21-15/h3-10,17,20H,2H2,1H3. The van der Waals surface area contributed by atoms with Gasteiger partial charge in [-0.1, -0.05) is 37.3 Å². The molecule has 3 rings (SSSR count). The fourth-order valence-electron chi connectivity index (χ4n) is 2.46. The molecule has 4 heteroatoms. The Morgan fingerprint density at radius 1 is 1.19 bits per heavy atom. The smallest absolute Gasteiger partial charge is 0.142 e. The van der Waals surface area contributed by atoms with Gasteiger partial charge in [-0.2, -0.15) is 0 Å². The van der Waals surface area contributed by atoms with Crippen LogP contribution in [-0.2, 0) is 0 Å². The van der Waals surface area contributed by atoms with Crippen molar-refractivity contribution in [2.75, 3.05) is 6.54 Å². The highest BCUT2D eigenvalue weighted by Gasteiger charge is 2.20. The van der Waals surface area contributed by atoms with Crippen molar-refractivity contribution >= 4 is 37.4 Å². The SMILES string of the molecule is CCNC(c1cc2ccccc2s1)c1cccc(Br)c1F. The van der Waals surface area contributed by atoms with E-state index in [-0.39, 0.29) is 11.9 Å². The number of halogens is 2. The number of thiophene rings is 1. The number of hydrogen-bond donors (Lipinski definition) is 1. The van der Waals surface area contributed by atoms with E-state index in [0.717, 1.165) is 11.4 Å². The summed E-state index contributed by atoms with van der Waals surface area (Å²) in [7, 11) is 0. The lowest BCUT2D eigenvalue weighted by molar-refractivity contribution is 0.559. The third-order valence-electron chi connectivity index (χ3n) is 3.43. The second-order valence-corrected chi connectivity index (χ2v) is 6.79. The second-order valence-electron chi connectivity index (χ2n) is 4.82. The van der Waals surface area contributed by atoms with Crippen molar-refractivity contribution in [3.05, 3.63) is 69.3 Å². The summed E-state index contributed by atoms with van der Waals surface area (Å²) in [6.07, 6.45) is 0. The normalized spacial score (nSPS) is 12.7. The van der Waals surface area contributed by atoms with Gasteiger partial charge in [-0.3, -0.25) is 0 Å². The molecule has 0 spiro atoms. The van der Waals surface area contributed by atoms with Crippen LogP contribution in [0.4, 0.5) is 4.39 Å². The van der Waals surface area contributed by atoms with Gasteiger partial charge in [0.05, 0.1) is 10.5 Å². The van der Waals surface area contributed by atoms with Crippen LogP contribution < -0.4 is 5.32 Å². The molecule has 0 aliphatic carbocycles. The molecule has 1 atom stereocenters. The predicted molar refractivity (Wildman–Crippen MR) is 91.4 cm³/mol. The van der Waals surface area contributed by atoms with Crippen LogP contribution in [0.1, 0.15) is 23.4 Å². The van der Waals surface area contributed by atoms with Crippen LogP contribution in [-0.4, -0.2) is 6.54 Å². The molecule has 1 N–H and O–H groups in total. The molecule has 0 aliphatic rings. The van der Waals surface area contributed by atoms with Crippen LogP contribution in [0.5, 0.6) is 0 Å². The molecule has 0 fully saturated rings. The molecule has 1 nitrogen and oxygen atoms in total. The number of nitrogens with one attached hydrogen (secondary N) is 1. The number of benzene rings is 2. The van der Waals surface area contributed by atoms with E-state index in [1.807, 2.05) is 31.2 Å². The van der Waals surface area contributed by atoms with Gasteiger partial charge in [0.15, 0.2) is 0 Å². The Labute approximate surface area is 135 Å². The summed E-state index contributed by atoms with van der Waals surface area (Å²) in [4.78, 5) is 1.13. The molecular formula is C17H15BrFNS. The van der Waals surface area contributed by atoms with E-state index < -0.39 is 0 Å². The van der Waals surface area contributed by atoms with Crippen molar-refractivity contribution in [1.82, 2.24) is 5.32 Å². The predicted octanol–water partition coefficient (Wildman–Crippen LogP) is 5.50. The zero-order valence-electron chi connectivity index (χ0n) is 11.6. The van der Waals surface area contributed by atoms with Crippen molar-refractivity contribution in [2.45, 2.75) is 13.0 Å². The maximum absolute atomic E-state index is 14.4. The van der Waals surface area contributed by atoms with E-state index in [9.17, 15) is 4.39 Å². The summed E-state index contributed by atoms with van der Waals surface area (Å²) in [6, 6.07) is 15.7. The largest absolute Gasteiger partial charge is 0.306 e. The van der Waals surface area contributed by atoms with Crippen molar-refractivity contribution in [2.24, 2.45) is 0 Å². The third-order valence-corrected chi connectivity index (χ3v) is 5.22. The van der Waals surface area contributed by atoms with Crippen LogP contribution >= 0.6 is 27.3 Å².